The molecule has 0 saturated heterocycles. The fourth-order valence-electron chi connectivity index (χ4n) is 2.91. The number of fused-ring (bicyclic) bond motifs is 1. The molecule has 6 heteroatoms. The van der Waals surface area contributed by atoms with Crippen molar-refractivity contribution in [2.75, 3.05) is 13.1 Å². The third-order valence-electron chi connectivity index (χ3n) is 4.12. The zero-order valence-corrected chi connectivity index (χ0v) is 16.6. The SMILES string of the molecule is CC(C)(C)OC(=O)NCCCNC(c1cccnc1)c1cc2ccccc2o1. The summed E-state index contributed by atoms with van der Waals surface area (Å²) in [5.41, 5.74) is 1.40. The highest BCUT2D eigenvalue weighted by molar-refractivity contribution is 5.78. The van der Waals surface area contributed by atoms with Gasteiger partial charge in [0.05, 0.1) is 6.04 Å². The van der Waals surface area contributed by atoms with Crippen LogP contribution in [0.3, 0.4) is 0 Å². The number of rotatable bonds is 7. The number of amides is 1. The molecule has 0 aliphatic carbocycles. The standard InChI is InChI=1S/C22H27N3O3/c1-22(2,3)28-21(26)25-13-7-12-24-20(17-9-6-11-23-15-17)19-14-16-8-4-5-10-18(16)27-19/h4-6,8-11,14-15,20,24H,7,12-13H2,1-3H3,(H,25,26). The largest absolute Gasteiger partial charge is 0.459 e. The van der Waals surface area contributed by atoms with Gasteiger partial charge in [0.2, 0.25) is 0 Å². The minimum absolute atomic E-state index is 0.109. The lowest BCUT2D eigenvalue weighted by Crippen LogP contribution is -2.34. The average molecular weight is 381 g/mol. The van der Waals surface area contributed by atoms with E-state index in [-0.39, 0.29) is 6.04 Å². The number of para-hydroxylation sites is 1. The van der Waals surface area contributed by atoms with E-state index in [1.807, 2.05) is 63.4 Å². The van der Waals surface area contributed by atoms with Crippen molar-refractivity contribution in [1.82, 2.24) is 15.6 Å². The van der Waals surface area contributed by atoms with Crippen LogP contribution in [0.15, 0.2) is 59.3 Å². The van der Waals surface area contributed by atoms with Gasteiger partial charge >= 0.3 is 6.09 Å². The summed E-state index contributed by atoms with van der Waals surface area (Å²) in [5.74, 6) is 0.842. The highest BCUT2D eigenvalue weighted by Gasteiger charge is 2.19. The van der Waals surface area contributed by atoms with Crippen LogP contribution in [0.2, 0.25) is 0 Å². The van der Waals surface area contributed by atoms with E-state index in [9.17, 15) is 4.79 Å². The highest BCUT2D eigenvalue weighted by Crippen LogP contribution is 2.27. The monoisotopic (exact) mass is 381 g/mol. The minimum atomic E-state index is -0.491. The van der Waals surface area contributed by atoms with Gasteiger partial charge in [-0.2, -0.15) is 0 Å². The molecule has 0 fully saturated rings. The second-order valence-electron chi connectivity index (χ2n) is 7.64. The van der Waals surface area contributed by atoms with E-state index in [0.29, 0.717) is 13.1 Å². The predicted octanol–water partition coefficient (Wildman–Crippen LogP) is 4.42. The molecule has 0 saturated carbocycles. The molecule has 0 aliphatic rings. The zero-order valence-electron chi connectivity index (χ0n) is 16.6. The molecule has 1 atom stereocenters. The maximum Gasteiger partial charge on any atom is 0.407 e. The molecular weight excluding hydrogens is 354 g/mol. The Morgan fingerprint density at radius 2 is 2.00 bits per heavy atom. The van der Waals surface area contributed by atoms with Crippen LogP contribution in [0.1, 0.15) is 44.6 Å². The fraction of sp³-hybridized carbons (Fsp3) is 0.364. The van der Waals surface area contributed by atoms with E-state index in [1.165, 1.54) is 0 Å². The first kappa shape index (κ1) is 19.9. The number of carbonyl (C=O) groups excluding carboxylic acids is 1. The first-order valence-electron chi connectivity index (χ1n) is 9.51. The normalized spacial score (nSPS) is 12.7. The molecule has 0 aliphatic heterocycles. The van der Waals surface area contributed by atoms with Crippen molar-refractivity contribution in [3.63, 3.8) is 0 Å². The topological polar surface area (TPSA) is 76.4 Å². The summed E-state index contributed by atoms with van der Waals surface area (Å²) in [4.78, 5) is 16.0. The lowest BCUT2D eigenvalue weighted by atomic mass is 10.1. The third-order valence-corrected chi connectivity index (χ3v) is 4.12. The number of aromatic nitrogens is 1. The number of ether oxygens (including phenoxy) is 1. The Labute approximate surface area is 165 Å². The predicted molar refractivity (Wildman–Crippen MR) is 109 cm³/mol. The highest BCUT2D eigenvalue weighted by atomic mass is 16.6. The van der Waals surface area contributed by atoms with Crippen molar-refractivity contribution >= 4 is 17.1 Å². The van der Waals surface area contributed by atoms with Gasteiger partial charge in [-0.3, -0.25) is 4.98 Å². The number of benzene rings is 1. The Bertz CT molecular complexity index is 867. The molecule has 3 rings (SSSR count). The summed E-state index contributed by atoms with van der Waals surface area (Å²) in [7, 11) is 0. The van der Waals surface area contributed by atoms with Gasteiger partial charge in [-0.15, -0.1) is 0 Å². The summed E-state index contributed by atoms with van der Waals surface area (Å²) in [6.07, 6.45) is 3.96. The van der Waals surface area contributed by atoms with E-state index < -0.39 is 11.7 Å². The van der Waals surface area contributed by atoms with E-state index in [2.05, 4.69) is 21.7 Å². The minimum Gasteiger partial charge on any atom is -0.459 e. The summed E-state index contributed by atoms with van der Waals surface area (Å²) in [6, 6.07) is 13.8. The molecule has 2 heterocycles. The smallest absolute Gasteiger partial charge is 0.407 e. The van der Waals surface area contributed by atoms with Crippen LogP contribution < -0.4 is 10.6 Å². The zero-order chi connectivity index (χ0) is 20.0. The number of furan rings is 1. The van der Waals surface area contributed by atoms with E-state index >= 15 is 0 Å². The Morgan fingerprint density at radius 3 is 2.71 bits per heavy atom. The fourth-order valence-corrected chi connectivity index (χ4v) is 2.91. The number of nitrogens with one attached hydrogen (secondary N) is 2. The van der Waals surface area contributed by atoms with Crippen molar-refractivity contribution in [1.29, 1.82) is 0 Å². The molecule has 148 valence electrons. The number of carbonyl (C=O) groups is 1. The van der Waals surface area contributed by atoms with Crippen LogP contribution in [-0.4, -0.2) is 29.8 Å². The molecule has 2 N–H and O–H groups in total. The molecule has 28 heavy (non-hydrogen) atoms. The van der Waals surface area contributed by atoms with Crippen LogP contribution in [-0.2, 0) is 4.74 Å². The van der Waals surface area contributed by atoms with Crippen molar-refractivity contribution in [2.45, 2.75) is 38.8 Å². The second-order valence-corrected chi connectivity index (χ2v) is 7.64. The van der Waals surface area contributed by atoms with Gasteiger partial charge in [0.25, 0.3) is 0 Å². The first-order valence-corrected chi connectivity index (χ1v) is 9.51. The molecule has 0 radical (unpaired) electrons. The van der Waals surface area contributed by atoms with Crippen LogP contribution in [0.4, 0.5) is 4.79 Å². The Hall–Kier alpha value is -2.86. The summed E-state index contributed by atoms with van der Waals surface area (Å²) >= 11 is 0. The molecule has 3 aromatic rings. The second kappa shape index (κ2) is 8.89. The van der Waals surface area contributed by atoms with Crippen LogP contribution in [0, 0.1) is 0 Å². The molecule has 0 spiro atoms. The number of nitrogens with zero attached hydrogens (tertiary/aromatic N) is 1. The van der Waals surface area contributed by atoms with Gasteiger partial charge in [-0.05, 0) is 57.5 Å². The van der Waals surface area contributed by atoms with Gasteiger partial charge < -0.3 is 19.8 Å². The first-order chi connectivity index (χ1) is 13.4. The maximum absolute atomic E-state index is 11.7. The maximum atomic E-state index is 11.7. The lowest BCUT2D eigenvalue weighted by molar-refractivity contribution is 0.0527. The van der Waals surface area contributed by atoms with Crippen molar-refractivity contribution < 1.29 is 13.9 Å². The van der Waals surface area contributed by atoms with Gasteiger partial charge in [-0.25, -0.2) is 4.79 Å². The molecule has 1 amide bonds. The van der Waals surface area contributed by atoms with E-state index in [1.54, 1.807) is 6.20 Å². The quantitative estimate of drug-likeness (QED) is 0.593. The molecule has 0 bridgehead atoms. The molecule has 2 aromatic heterocycles. The molecule has 6 nitrogen and oxygen atoms in total. The van der Waals surface area contributed by atoms with Crippen LogP contribution in [0.25, 0.3) is 11.0 Å². The van der Waals surface area contributed by atoms with Crippen LogP contribution in [0.5, 0.6) is 0 Å². The number of alkyl carbamates (subject to hydrolysis) is 1. The van der Waals surface area contributed by atoms with Crippen molar-refractivity contribution in [3.05, 3.63) is 66.2 Å². The summed E-state index contributed by atoms with van der Waals surface area (Å²) < 4.78 is 11.3. The number of hydrogen-bond acceptors (Lipinski definition) is 5. The third kappa shape index (κ3) is 5.57. The van der Waals surface area contributed by atoms with Gasteiger partial charge in [0.15, 0.2) is 0 Å². The Kier molecular flexibility index (Phi) is 6.31. The average Bonchev–Trinajstić information content (AvgIpc) is 3.07. The van der Waals surface area contributed by atoms with Crippen LogP contribution >= 0.6 is 0 Å². The van der Waals surface area contributed by atoms with Gasteiger partial charge in [0, 0.05) is 24.3 Å². The Morgan fingerprint density at radius 1 is 1.18 bits per heavy atom. The summed E-state index contributed by atoms with van der Waals surface area (Å²) in [5, 5.41) is 7.36. The number of pyridine rings is 1. The molecule has 1 unspecified atom stereocenters. The number of hydrogen-bond donors (Lipinski definition) is 2. The van der Waals surface area contributed by atoms with Gasteiger partial charge in [-0.1, -0.05) is 24.3 Å². The van der Waals surface area contributed by atoms with Crippen molar-refractivity contribution in [2.24, 2.45) is 0 Å². The molecule has 1 aromatic carbocycles. The summed E-state index contributed by atoms with van der Waals surface area (Å²) in [6.45, 7) is 6.77. The lowest BCUT2D eigenvalue weighted by Gasteiger charge is -2.20. The van der Waals surface area contributed by atoms with E-state index in [0.717, 1.165) is 28.7 Å². The molecular formula is C22H27N3O3. The van der Waals surface area contributed by atoms with Crippen molar-refractivity contribution in [3.8, 4) is 0 Å². The van der Waals surface area contributed by atoms with E-state index in [4.69, 9.17) is 9.15 Å². The Balaban J connectivity index is 1.60. The van der Waals surface area contributed by atoms with Gasteiger partial charge in [0.1, 0.15) is 16.9 Å².